The van der Waals surface area contributed by atoms with Crippen molar-refractivity contribution in [2.75, 3.05) is 18.9 Å². The van der Waals surface area contributed by atoms with Crippen LogP contribution in [0.4, 0.5) is 5.82 Å². The van der Waals surface area contributed by atoms with E-state index in [0.29, 0.717) is 18.1 Å². The van der Waals surface area contributed by atoms with Gasteiger partial charge in [0.15, 0.2) is 0 Å². The molecule has 100 valence electrons. The maximum Gasteiger partial charge on any atom is 0.271 e. The number of rotatable bonds is 5. The number of hydrogen-bond acceptors (Lipinski definition) is 5. The molecule has 1 amide bonds. The molecule has 2 N–H and O–H groups in total. The molecular weight excluding hydrogens is 244 g/mol. The number of aryl methyl sites for hydroxylation is 1. The van der Waals surface area contributed by atoms with Crippen LogP contribution >= 0.6 is 0 Å². The van der Waals surface area contributed by atoms with E-state index in [-0.39, 0.29) is 5.91 Å². The van der Waals surface area contributed by atoms with Gasteiger partial charge in [-0.15, -0.1) is 0 Å². The summed E-state index contributed by atoms with van der Waals surface area (Å²) in [5, 5.41) is 9.71. The van der Waals surface area contributed by atoms with E-state index in [0.717, 1.165) is 12.0 Å². The first-order valence-electron chi connectivity index (χ1n) is 5.94. The van der Waals surface area contributed by atoms with Gasteiger partial charge < -0.3 is 10.6 Å². The summed E-state index contributed by atoms with van der Waals surface area (Å²) >= 11 is 0. The summed E-state index contributed by atoms with van der Waals surface area (Å²) in [4.78, 5) is 19.9. The minimum absolute atomic E-state index is 0.228. The Hall–Kier alpha value is -2.44. The maximum atomic E-state index is 11.8. The van der Waals surface area contributed by atoms with Gasteiger partial charge in [0.1, 0.15) is 11.5 Å². The lowest BCUT2D eigenvalue weighted by Gasteiger charge is -2.04. The van der Waals surface area contributed by atoms with Crippen LogP contribution < -0.4 is 10.6 Å². The van der Waals surface area contributed by atoms with Crippen molar-refractivity contribution < 1.29 is 4.79 Å². The molecule has 7 nitrogen and oxygen atoms in total. The molecule has 0 unspecified atom stereocenters. The zero-order chi connectivity index (χ0) is 13.7. The van der Waals surface area contributed by atoms with Gasteiger partial charge >= 0.3 is 0 Å². The summed E-state index contributed by atoms with van der Waals surface area (Å²) < 4.78 is 1.74. The Bertz CT molecular complexity index is 565. The third-order valence-corrected chi connectivity index (χ3v) is 2.58. The van der Waals surface area contributed by atoms with Crippen LogP contribution in [-0.4, -0.2) is 39.2 Å². The van der Waals surface area contributed by atoms with E-state index in [2.05, 4.69) is 25.7 Å². The largest absolute Gasteiger partial charge is 0.372 e. The summed E-state index contributed by atoms with van der Waals surface area (Å²) in [6, 6.07) is 0. The van der Waals surface area contributed by atoms with E-state index in [9.17, 15) is 4.79 Å². The molecule has 0 aliphatic carbocycles. The summed E-state index contributed by atoms with van der Waals surface area (Å²) in [6.45, 7) is 0.538. The highest BCUT2D eigenvalue weighted by molar-refractivity contribution is 5.92. The second kappa shape index (κ2) is 5.94. The first-order valence-corrected chi connectivity index (χ1v) is 5.94. The molecule has 2 heterocycles. The Balaban J connectivity index is 1.87. The van der Waals surface area contributed by atoms with E-state index < -0.39 is 0 Å². The predicted octanol–water partition coefficient (Wildman–Crippen LogP) is 0.224. The van der Waals surface area contributed by atoms with E-state index in [1.807, 2.05) is 13.2 Å². The Morgan fingerprint density at radius 3 is 2.89 bits per heavy atom. The highest BCUT2D eigenvalue weighted by Gasteiger charge is 2.08. The van der Waals surface area contributed by atoms with E-state index in [1.165, 1.54) is 6.20 Å². The summed E-state index contributed by atoms with van der Waals surface area (Å²) in [7, 11) is 3.59. The van der Waals surface area contributed by atoms with Crippen molar-refractivity contribution in [3.8, 4) is 0 Å². The van der Waals surface area contributed by atoms with E-state index in [1.54, 1.807) is 24.1 Å². The smallest absolute Gasteiger partial charge is 0.271 e. The molecule has 0 aliphatic rings. The van der Waals surface area contributed by atoms with Gasteiger partial charge in [0, 0.05) is 26.8 Å². The van der Waals surface area contributed by atoms with Gasteiger partial charge in [-0.2, -0.15) is 5.10 Å². The highest BCUT2D eigenvalue weighted by Crippen LogP contribution is 2.01. The summed E-state index contributed by atoms with van der Waals surface area (Å²) in [5.74, 6) is 0.341. The minimum atomic E-state index is -0.228. The second-order valence-corrected chi connectivity index (χ2v) is 4.07. The van der Waals surface area contributed by atoms with Crippen LogP contribution in [0.1, 0.15) is 16.1 Å². The second-order valence-electron chi connectivity index (χ2n) is 4.07. The predicted molar refractivity (Wildman–Crippen MR) is 70.8 cm³/mol. The molecule has 0 aromatic carbocycles. The molecule has 19 heavy (non-hydrogen) atoms. The van der Waals surface area contributed by atoms with Crippen LogP contribution in [-0.2, 0) is 13.5 Å². The monoisotopic (exact) mass is 260 g/mol. The molecule has 2 rings (SSSR count). The molecule has 7 heteroatoms. The fraction of sp³-hybridized carbons (Fsp3) is 0.333. The minimum Gasteiger partial charge on any atom is -0.372 e. The zero-order valence-corrected chi connectivity index (χ0v) is 10.9. The van der Waals surface area contributed by atoms with Crippen molar-refractivity contribution in [3.05, 3.63) is 36.0 Å². The van der Waals surface area contributed by atoms with Crippen LogP contribution in [0.25, 0.3) is 0 Å². The molecule has 0 fully saturated rings. The number of nitrogens with zero attached hydrogens (tertiary/aromatic N) is 4. The van der Waals surface area contributed by atoms with Gasteiger partial charge in [-0.1, -0.05) is 0 Å². The number of nitrogens with one attached hydrogen (secondary N) is 2. The van der Waals surface area contributed by atoms with E-state index in [4.69, 9.17) is 0 Å². The highest BCUT2D eigenvalue weighted by atomic mass is 16.1. The third-order valence-electron chi connectivity index (χ3n) is 2.58. The van der Waals surface area contributed by atoms with Gasteiger partial charge in [-0.3, -0.25) is 14.5 Å². The Kier molecular flexibility index (Phi) is 4.07. The van der Waals surface area contributed by atoms with Crippen LogP contribution in [0.5, 0.6) is 0 Å². The average molecular weight is 260 g/mol. The topological polar surface area (TPSA) is 84.7 Å². The zero-order valence-electron chi connectivity index (χ0n) is 10.9. The number of carbonyl (C=O) groups is 1. The van der Waals surface area contributed by atoms with Gasteiger partial charge in [0.25, 0.3) is 5.91 Å². The molecule has 0 aliphatic heterocycles. The first-order chi connectivity index (χ1) is 9.19. The maximum absolute atomic E-state index is 11.8. The Morgan fingerprint density at radius 2 is 2.21 bits per heavy atom. The molecule has 0 radical (unpaired) electrons. The molecule has 2 aromatic heterocycles. The quantitative estimate of drug-likeness (QED) is 0.803. The summed E-state index contributed by atoms with van der Waals surface area (Å²) in [5.41, 5.74) is 1.39. The molecule has 2 aromatic rings. The SMILES string of the molecule is CNc1cncc(C(=O)NCCc2cnn(C)c2)n1. The molecule has 0 saturated carbocycles. The van der Waals surface area contributed by atoms with Crippen molar-refractivity contribution in [1.29, 1.82) is 0 Å². The van der Waals surface area contributed by atoms with Crippen LogP contribution in [0.2, 0.25) is 0 Å². The number of anilines is 1. The standard InChI is InChI=1S/C12H16N6O/c1-13-11-7-14-6-10(17-11)12(19)15-4-3-9-5-16-18(2)8-9/h5-8H,3-4H2,1-2H3,(H,13,17)(H,15,19). The lowest BCUT2D eigenvalue weighted by molar-refractivity contribution is 0.0949. The van der Waals surface area contributed by atoms with Gasteiger partial charge in [-0.25, -0.2) is 4.98 Å². The van der Waals surface area contributed by atoms with Crippen LogP contribution in [0, 0.1) is 0 Å². The molecule has 0 bridgehead atoms. The van der Waals surface area contributed by atoms with Crippen molar-refractivity contribution in [1.82, 2.24) is 25.1 Å². The van der Waals surface area contributed by atoms with Crippen molar-refractivity contribution in [3.63, 3.8) is 0 Å². The molecule has 0 saturated heterocycles. The fourth-order valence-corrected chi connectivity index (χ4v) is 1.61. The number of aromatic nitrogens is 4. The van der Waals surface area contributed by atoms with Crippen molar-refractivity contribution in [2.45, 2.75) is 6.42 Å². The molecule has 0 atom stereocenters. The van der Waals surface area contributed by atoms with Crippen LogP contribution in [0.15, 0.2) is 24.8 Å². The van der Waals surface area contributed by atoms with Gasteiger partial charge in [-0.05, 0) is 12.0 Å². The lowest BCUT2D eigenvalue weighted by atomic mass is 10.2. The first kappa shape index (κ1) is 13.0. The molecular formula is C12H16N6O. The van der Waals surface area contributed by atoms with E-state index >= 15 is 0 Å². The average Bonchev–Trinajstić information content (AvgIpc) is 2.84. The Labute approximate surface area is 111 Å². The van der Waals surface area contributed by atoms with Crippen molar-refractivity contribution >= 4 is 11.7 Å². The number of hydrogen-bond donors (Lipinski definition) is 2. The molecule has 0 spiro atoms. The Morgan fingerprint density at radius 1 is 1.37 bits per heavy atom. The summed E-state index contributed by atoms with van der Waals surface area (Å²) in [6.07, 6.45) is 7.45. The normalized spacial score (nSPS) is 10.2. The number of amides is 1. The van der Waals surface area contributed by atoms with Gasteiger partial charge in [0.2, 0.25) is 0 Å². The van der Waals surface area contributed by atoms with Crippen molar-refractivity contribution in [2.24, 2.45) is 7.05 Å². The fourth-order valence-electron chi connectivity index (χ4n) is 1.61. The van der Waals surface area contributed by atoms with Crippen LogP contribution in [0.3, 0.4) is 0 Å². The third kappa shape index (κ3) is 3.51. The van der Waals surface area contributed by atoms with Gasteiger partial charge in [0.05, 0.1) is 18.6 Å². The number of carbonyl (C=O) groups excluding carboxylic acids is 1. The lowest BCUT2D eigenvalue weighted by Crippen LogP contribution is -2.26.